The molecule has 0 bridgehead atoms. The molecular formula is C32H36FNO4. The van der Waals surface area contributed by atoms with Crippen molar-refractivity contribution in [2.75, 3.05) is 21.2 Å². The van der Waals surface area contributed by atoms with Crippen LogP contribution >= 0.6 is 0 Å². The fraction of sp³-hybridized carbons (Fsp3) is 0.406. The van der Waals surface area contributed by atoms with Crippen molar-refractivity contribution in [1.29, 1.82) is 0 Å². The molecule has 3 aromatic rings. The molecular weight excluding hydrogens is 481 g/mol. The lowest BCUT2D eigenvalue weighted by molar-refractivity contribution is -0.137. The molecule has 38 heavy (non-hydrogen) atoms. The monoisotopic (exact) mass is 517 g/mol. The maximum Gasteiger partial charge on any atom is 0.303 e. The predicted molar refractivity (Wildman–Crippen MR) is 146 cm³/mol. The summed E-state index contributed by atoms with van der Waals surface area (Å²) in [7, 11) is 5.75. The van der Waals surface area contributed by atoms with Crippen LogP contribution in [-0.4, -0.2) is 37.2 Å². The SMILES string of the molecule is COc1ccc(F)c(-c2ccc(COc3cccc(C(CC(=O)O)C4CC4)c3)cc2C(C2CC2)N(C)C)c1. The van der Waals surface area contributed by atoms with E-state index in [1.54, 1.807) is 19.2 Å². The van der Waals surface area contributed by atoms with Crippen molar-refractivity contribution in [1.82, 2.24) is 4.90 Å². The fourth-order valence-corrected chi connectivity index (χ4v) is 5.64. The summed E-state index contributed by atoms with van der Waals surface area (Å²) in [5.41, 5.74) is 4.54. The molecule has 0 radical (unpaired) electrons. The summed E-state index contributed by atoms with van der Waals surface area (Å²) in [4.78, 5) is 13.6. The van der Waals surface area contributed by atoms with Crippen molar-refractivity contribution < 1.29 is 23.8 Å². The first-order valence-corrected chi connectivity index (χ1v) is 13.4. The Balaban J connectivity index is 1.43. The number of rotatable bonds is 12. The van der Waals surface area contributed by atoms with Crippen molar-refractivity contribution in [3.05, 3.63) is 83.2 Å². The van der Waals surface area contributed by atoms with Crippen LogP contribution in [0.3, 0.4) is 0 Å². The smallest absolute Gasteiger partial charge is 0.303 e. The lowest BCUT2D eigenvalue weighted by atomic mass is 9.90. The molecule has 6 heteroatoms. The summed E-state index contributed by atoms with van der Waals surface area (Å²) >= 11 is 0. The van der Waals surface area contributed by atoms with Gasteiger partial charge in [0.1, 0.15) is 23.9 Å². The molecule has 2 fully saturated rings. The van der Waals surface area contributed by atoms with Crippen LogP contribution in [0.2, 0.25) is 0 Å². The molecule has 1 N–H and O–H groups in total. The van der Waals surface area contributed by atoms with Crippen LogP contribution < -0.4 is 9.47 Å². The molecule has 5 nitrogen and oxygen atoms in total. The minimum Gasteiger partial charge on any atom is -0.497 e. The summed E-state index contributed by atoms with van der Waals surface area (Å²) in [5.74, 6) is 1.33. The number of carbonyl (C=O) groups is 1. The molecule has 0 aliphatic heterocycles. The second-order valence-corrected chi connectivity index (χ2v) is 10.9. The topological polar surface area (TPSA) is 59.0 Å². The van der Waals surface area contributed by atoms with Gasteiger partial charge in [0.05, 0.1) is 13.5 Å². The molecule has 2 atom stereocenters. The van der Waals surface area contributed by atoms with Crippen molar-refractivity contribution >= 4 is 5.97 Å². The highest BCUT2D eigenvalue weighted by molar-refractivity contribution is 5.71. The van der Waals surface area contributed by atoms with E-state index in [-0.39, 0.29) is 24.2 Å². The van der Waals surface area contributed by atoms with Gasteiger partial charge in [0.15, 0.2) is 0 Å². The Kier molecular flexibility index (Phi) is 7.70. The van der Waals surface area contributed by atoms with Crippen LogP contribution in [0.1, 0.15) is 60.8 Å². The number of benzene rings is 3. The highest BCUT2D eigenvalue weighted by atomic mass is 19.1. The number of halogens is 1. The van der Waals surface area contributed by atoms with Crippen molar-refractivity contribution in [2.45, 2.75) is 50.7 Å². The van der Waals surface area contributed by atoms with Crippen molar-refractivity contribution in [3.8, 4) is 22.6 Å². The number of methoxy groups -OCH3 is 1. The molecule has 2 aliphatic carbocycles. The third-order valence-corrected chi connectivity index (χ3v) is 7.80. The average Bonchev–Trinajstić information content (AvgIpc) is 3.82. The number of carboxylic acid groups (broad SMARTS) is 1. The Morgan fingerprint density at radius 1 is 0.974 bits per heavy atom. The van der Waals surface area contributed by atoms with E-state index in [1.165, 1.54) is 6.07 Å². The fourth-order valence-electron chi connectivity index (χ4n) is 5.64. The average molecular weight is 518 g/mol. The number of nitrogens with zero attached hydrogens (tertiary/aromatic N) is 1. The van der Waals surface area contributed by atoms with Gasteiger partial charge in [-0.15, -0.1) is 0 Å². The second-order valence-electron chi connectivity index (χ2n) is 10.9. The van der Waals surface area contributed by atoms with Crippen molar-refractivity contribution in [3.63, 3.8) is 0 Å². The first-order chi connectivity index (χ1) is 18.3. The van der Waals surface area contributed by atoms with Gasteiger partial charge in [-0.3, -0.25) is 4.79 Å². The van der Waals surface area contributed by atoms with Crippen LogP contribution in [0.25, 0.3) is 11.1 Å². The van der Waals surface area contributed by atoms with Crippen LogP contribution in [0.15, 0.2) is 60.7 Å². The van der Waals surface area contributed by atoms with E-state index >= 15 is 4.39 Å². The quantitative estimate of drug-likeness (QED) is 0.279. The second kappa shape index (κ2) is 11.2. The van der Waals surface area contributed by atoms with Crippen molar-refractivity contribution in [2.24, 2.45) is 11.8 Å². The van der Waals surface area contributed by atoms with Crippen LogP contribution in [0.4, 0.5) is 4.39 Å². The molecule has 2 unspecified atom stereocenters. The van der Waals surface area contributed by atoms with E-state index in [0.717, 1.165) is 53.7 Å². The lowest BCUT2D eigenvalue weighted by Gasteiger charge is -2.28. The van der Waals surface area contributed by atoms with E-state index in [1.807, 2.05) is 36.4 Å². The normalized spacial score (nSPS) is 16.8. The van der Waals surface area contributed by atoms with Gasteiger partial charge in [-0.25, -0.2) is 4.39 Å². The Morgan fingerprint density at radius 2 is 1.74 bits per heavy atom. The maximum atomic E-state index is 15.0. The summed E-state index contributed by atoms with van der Waals surface area (Å²) in [6.45, 7) is 0.370. The zero-order valence-electron chi connectivity index (χ0n) is 22.3. The molecule has 0 aromatic heterocycles. The van der Waals surface area contributed by atoms with Gasteiger partial charge in [0, 0.05) is 11.6 Å². The summed E-state index contributed by atoms with van der Waals surface area (Å²) in [6.07, 6.45) is 4.64. The Morgan fingerprint density at radius 3 is 2.39 bits per heavy atom. The van der Waals surface area contributed by atoms with Gasteiger partial charge in [-0.05, 0) is 110 Å². The molecule has 0 saturated heterocycles. The van der Waals surface area contributed by atoms with Gasteiger partial charge in [-0.1, -0.05) is 30.3 Å². The highest BCUT2D eigenvalue weighted by Gasteiger charge is 2.36. The maximum absolute atomic E-state index is 15.0. The molecule has 0 heterocycles. The number of hydrogen-bond acceptors (Lipinski definition) is 4. The minimum absolute atomic E-state index is 0.0269. The molecule has 2 aliphatic rings. The van der Waals surface area contributed by atoms with Gasteiger partial charge < -0.3 is 19.5 Å². The van der Waals surface area contributed by atoms with E-state index in [2.05, 4.69) is 25.1 Å². The highest BCUT2D eigenvalue weighted by Crippen LogP contribution is 2.47. The van der Waals surface area contributed by atoms with E-state index < -0.39 is 5.97 Å². The largest absolute Gasteiger partial charge is 0.497 e. The zero-order valence-corrected chi connectivity index (χ0v) is 22.3. The van der Waals surface area contributed by atoms with Gasteiger partial charge in [0.2, 0.25) is 0 Å². The van der Waals surface area contributed by atoms with E-state index in [4.69, 9.17) is 9.47 Å². The third-order valence-electron chi connectivity index (χ3n) is 7.80. The molecule has 0 amide bonds. The van der Waals surface area contributed by atoms with Crippen LogP contribution in [-0.2, 0) is 11.4 Å². The van der Waals surface area contributed by atoms with E-state index in [9.17, 15) is 9.90 Å². The summed E-state index contributed by atoms with van der Waals surface area (Å²) in [5, 5.41) is 9.38. The first-order valence-electron chi connectivity index (χ1n) is 13.4. The minimum atomic E-state index is -0.764. The molecule has 0 spiro atoms. The molecule has 200 valence electrons. The molecule has 2 saturated carbocycles. The number of aliphatic carboxylic acids is 1. The summed E-state index contributed by atoms with van der Waals surface area (Å²) < 4.78 is 26.6. The van der Waals surface area contributed by atoms with Gasteiger partial charge >= 0.3 is 5.97 Å². The third kappa shape index (κ3) is 6.02. The molecule has 3 aromatic carbocycles. The Bertz CT molecular complexity index is 1300. The van der Waals surface area contributed by atoms with Crippen LogP contribution in [0, 0.1) is 17.7 Å². The number of carboxylic acids is 1. The predicted octanol–water partition coefficient (Wildman–Crippen LogP) is 7.06. The standard InChI is InChI=1S/C32H36FNO4/c1-34(2)32(22-10-11-22)29-15-20(7-13-26(29)28-17-24(37-3)12-14-30(28)33)19-38-25-6-4-5-23(16-25)27(18-31(35)36)21-8-9-21/h4-7,12-17,21-22,27,32H,8-11,18-19H2,1-3H3,(H,35,36). The number of ether oxygens (including phenoxy) is 2. The van der Waals surface area contributed by atoms with Crippen LogP contribution in [0.5, 0.6) is 11.5 Å². The first kappa shape index (κ1) is 26.2. The number of hydrogen-bond donors (Lipinski definition) is 1. The Hall–Kier alpha value is -3.38. The zero-order chi connectivity index (χ0) is 26.8. The van der Waals surface area contributed by atoms with Gasteiger partial charge in [-0.2, -0.15) is 0 Å². The summed E-state index contributed by atoms with van der Waals surface area (Å²) in [6, 6.07) is 19.0. The molecule has 5 rings (SSSR count). The van der Waals surface area contributed by atoms with Gasteiger partial charge in [0.25, 0.3) is 0 Å². The van der Waals surface area contributed by atoms with E-state index in [0.29, 0.717) is 29.8 Å². The Labute approximate surface area is 224 Å². The lowest BCUT2D eigenvalue weighted by Crippen LogP contribution is -2.22.